The summed E-state index contributed by atoms with van der Waals surface area (Å²) in [5.41, 5.74) is 0.735. The number of hydrogen-bond donors (Lipinski definition) is 1. The maximum atomic E-state index is 11.1. The quantitative estimate of drug-likeness (QED) is 0.340. The Balaban J connectivity index is 0.000000980. The third-order valence-electron chi connectivity index (χ3n) is 1.82. The van der Waals surface area contributed by atoms with Gasteiger partial charge in [0.2, 0.25) is 0 Å². The number of carbonyl (C=O) groups is 2. The van der Waals surface area contributed by atoms with Gasteiger partial charge in [-0.25, -0.2) is 9.59 Å². The van der Waals surface area contributed by atoms with Crippen LogP contribution in [0, 0.1) is 0 Å². The SMILES string of the molecule is O=C1NC(c2ccccc2)C(=O)O1.[H-].[K+]. The molecule has 1 N–H and O–H groups in total. The zero-order valence-corrected chi connectivity index (χ0v) is 10.8. The van der Waals surface area contributed by atoms with E-state index < -0.39 is 18.1 Å². The number of benzene rings is 1. The van der Waals surface area contributed by atoms with Crippen molar-refractivity contribution in [1.29, 1.82) is 0 Å². The van der Waals surface area contributed by atoms with E-state index in [1.54, 1.807) is 24.3 Å². The molecular weight excluding hydrogens is 209 g/mol. The molecule has 0 bridgehead atoms. The second kappa shape index (κ2) is 5.04. The van der Waals surface area contributed by atoms with Gasteiger partial charge in [-0.1, -0.05) is 30.3 Å². The Bertz CT molecular complexity index is 358. The van der Waals surface area contributed by atoms with E-state index in [-0.39, 0.29) is 52.8 Å². The molecule has 0 saturated carbocycles. The van der Waals surface area contributed by atoms with Gasteiger partial charge in [-0.15, -0.1) is 0 Å². The van der Waals surface area contributed by atoms with Crippen LogP contribution >= 0.6 is 0 Å². The molecule has 0 spiro atoms. The number of rotatable bonds is 1. The molecule has 1 fully saturated rings. The molecule has 2 rings (SSSR count). The van der Waals surface area contributed by atoms with Crippen LogP contribution in [0.15, 0.2) is 30.3 Å². The maximum absolute atomic E-state index is 11.1. The fraction of sp³-hybridized carbons (Fsp3) is 0.111. The summed E-state index contributed by atoms with van der Waals surface area (Å²) in [5, 5.41) is 2.41. The number of cyclic esters (lactones) is 2. The molecule has 1 aliphatic rings. The molecule has 0 aromatic heterocycles. The first-order valence-corrected chi connectivity index (χ1v) is 3.84. The first-order valence-electron chi connectivity index (χ1n) is 3.84. The van der Waals surface area contributed by atoms with Gasteiger partial charge in [-0.2, -0.15) is 0 Å². The van der Waals surface area contributed by atoms with Crippen LogP contribution in [0.2, 0.25) is 0 Å². The molecular formula is C9H8KNO3. The number of amides is 1. The summed E-state index contributed by atoms with van der Waals surface area (Å²) in [7, 11) is 0. The Morgan fingerprint density at radius 3 is 2.36 bits per heavy atom. The molecule has 1 atom stereocenters. The average molecular weight is 217 g/mol. The summed E-state index contributed by atoms with van der Waals surface area (Å²) in [6.07, 6.45) is -0.682. The summed E-state index contributed by atoms with van der Waals surface area (Å²) >= 11 is 0. The zero-order chi connectivity index (χ0) is 9.26. The normalized spacial score (nSPS) is 19.6. The maximum Gasteiger partial charge on any atom is 1.00 e. The van der Waals surface area contributed by atoms with E-state index in [1.807, 2.05) is 6.07 Å². The molecule has 1 aromatic carbocycles. The summed E-state index contributed by atoms with van der Waals surface area (Å²) < 4.78 is 4.34. The van der Waals surface area contributed by atoms with E-state index >= 15 is 0 Å². The third-order valence-corrected chi connectivity index (χ3v) is 1.82. The molecule has 68 valence electrons. The molecule has 1 aromatic rings. The van der Waals surface area contributed by atoms with Crippen molar-refractivity contribution in [3.05, 3.63) is 35.9 Å². The Kier molecular flexibility index (Phi) is 4.27. The zero-order valence-electron chi connectivity index (χ0n) is 8.69. The van der Waals surface area contributed by atoms with Crippen LogP contribution in [-0.4, -0.2) is 12.1 Å². The number of carbonyl (C=O) groups excluding carboxylic acids is 2. The number of ether oxygens (including phenoxy) is 1. The molecule has 4 nitrogen and oxygen atoms in total. The van der Waals surface area contributed by atoms with Crippen molar-refractivity contribution < 1.29 is 67.1 Å². The van der Waals surface area contributed by atoms with E-state index in [0.29, 0.717) is 0 Å². The Morgan fingerprint density at radius 2 is 1.86 bits per heavy atom. The van der Waals surface area contributed by atoms with Crippen LogP contribution in [0.4, 0.5) is 4.79 Å². The minimum Gasteiger partial charge on any atom is -1.00 e. The van der Waals surface area contributed by atoms with Crippen LogP contribution in [0.5, 0.6) is 0 Å². The van der Waals surface area contributed by atoms with Crippen molar-refractivity contribution in [3.8, 4) is 0 Å². The number of esters is 1. The predicted octanol–water partition coefficient (Wildman–Crippen LogP) is -1.89. The summed E-state index contributed by atoms with van der Waals surface area (Å²) in [6.45, 7) is 0. The smallest absolute Gasteiger partial charge is 1.00 e. The molecule has 1 aliphatic heterocycles. The van der Waals surface area contributed by atoms with Crippen molar-refractivity contribution in [3.63, 3.8) is 0 Å². The van der Waals surface area contributed by atoms with Crippen molar-refractivity contribution in [2.75, 3.05) is 0 Å². The van der Waals surface area contributed by atoms with Gasteiger partial charge in [-0.3, -0.25) is 0 Å². The molecule has 0 aliphatic carbocycles. The van der Waals surface area contributed by atoms with E-state index in [4.69, 9.17) is 0 Å². The van der Waals surface area contributed by atoms with Crippen molar-refractivity contribution >= 4 is 12.1 Å². The van der Waals surface area contributed by atoms with Crippen molar-refractivity contribution in [1.82, 2.24) is 5.32 Å². The Morgan fingerprint density at radius 1 is 1.21 bits per heavy atom. The second-order valence-corrected chi connectivity index (χ2v) is 2.70. The largest absolute Gasteiger partial charge is 1.00 e. The Hall–Kier alpha value is -0.204. The fourth-order valence-corrected chi connectivity index (χ4v) is 1.22. The minimum absolute atomic E-state index is 0. The first kappa shape index (κ1) is 11.9. The van der Waals surface area contributed by atoms with Crippen LogP contribution in [0.1, 0.15) is 13.0 Å². The van der Waals surface area contributed by atoms with Crippen molar-refractivity contribution in [2.24, 2.45) is 0 Å². The van der Waals surface area contributed by atoms with Gasteiger partial charge in [0.25, 0.3) is 0 Å². The van der Waals surface area contributed by atoms with Gasteiger partial charge in [0.1, 0.15) is 0 Å². The topological polar surface area (TPSA) is 55.4 Å². The molecule has 1 amide bonds. The Labute approximate surface area is 125 Å². The van der Waals surface area contributed by atoms with Gasteiger partial charge in [0.05, 0.1) is 0 Å². The molecule has 5 heteroatoms. The van der Waals surface area contributed by atoms with E-state index in [1.165, 1.54) is 0 Å². The number of alkyl carbamates (subject to hydrolysis) is 1. The summed E-state index contributed by atoms with van der Waals surface area (Å²) in [5.74, 6) is -0.545. The van der Waals surface area contributed by atoms with Crippen LogP contribution in [0.3, 0.4) is 0 Å². The van der Waals surface area contributed by atoms with Gasteiger partial charge >= 0.3 is 63.4 Å². The minimum atomic E-state index is -0.682. The molecule has 1 heterocycles. The second-order valence-electron chi connectivity index (χ2n) is 2.70. The average Bonchev–Trinajstić information content (AvgIpc) is 2.47. The van der Waals surface area contributed by atoms with Crippen LogP contribution < -0.4 is 56.7 Å². The third kappa shape index (κ3) is 2.43. The summed E-state index contributed by atoms with van der Waals surface area (Å²) in [6, 6.07) is 8.31. The van der Waals surface area contributed by atoms with Crippen LogP contribution in [0.25, 0.3) is 0 Å². The van der Waals surface area contributed by atoms with E-state index in [0.717, 1.165) is 5.56 Å². The standard InChI is InChI=1S/C9H7NO3.K.H/c11-8-7(10-9(12)13-8)6-4-2-1-3-5-6;;/h1-5,7H,(H,10,12);;/q;+1;-1. The molecule has 0 radical (unpaired) electrons. The molecule has 14 heavy (non-hydrogen) atoms. The molecule has 1 saturated heterocycles. The van der Waals surface area contributed by atoms with Crippen molar-refractivity contribution in [2.45, 2.75) is 6.04 Å². The van der Waals surface area contributed by atoms with E-state index in [9.17, 15) is 9.59 Å². The van der Waals surface area contributed by atoms with Gasteiger partial charge < -0.3 is 11.5 Å². The van der Waals surface area contributed by atoms with E-state index in [2.05, 4.69) is 10.1 Å². The predicted molar refractivity (Wildman–Crippen MR) is 44.9 cm³/mol. The van der Waals surface area contributed by atoms with Gasteiger partial charge in [0.15, 0.2) is 6.04 Å². The molecule has 1 unspecified atom stereocenters. The summed E-state index contributed by atoms with van der Waals surface area (Å²) in [4.78, 5) is 21.8. The first-order chi connectivity index (χ1) is 6.27. The van der Waals surface area contributed by atoms with Gasteiger partial charge in [-0.05, 0) is 5.56 Å². The van der Waals surface area contributed by atoms with Gasteiger partial charge in [0, 0.05) is 0 Å². The number of nitrogens with one attached hydrogen (secondary N) is 1. The van der Waals surface area contributed by atoms with Crippen LogP contribution in [-0.2, 0) is 9.53 Å². The number of hydrogen-bond acceptors (Lipinski definition) is 3. The fourth-order valence-electron chi connectivity index (χ4n) is 1.22. The monoisotopic (exact) mass is 217 g/mol.